The fourth-order valence-corrected chi connectivity index (χ4v) is 2.94. The summed E-state index contributed by atoms with van der Waals surface area (Å²) in [5, 5.41) is 14.4. The maximum atomic E-state index is 12.5. The number of ether oxygens (including phenoxy) is 1. The zero-order valence-electron chi connectivity index (χ0n) is 14.7. The lowest BCUT2D eigenvalue weighted by Crippen LogP contribution is -2.13. The highest BCUT2D eigenvalue weighted by molar-refractivity contribution is 6.34. The third-order valence-electron chi connectivity index (χ3n) is 4.00. The van der Waals surface area contributed by atoms with Crippen LogP contribution in [0.2, 0.25) is 5.02 Å². The zero-order chi connectivity index (χ0) is 19.2. The Bertz CT molecular complexity index is 1070. The first-order valence-corrected chi connectivity index (χ1v) is 8.84. The molecule has 5 heteroatoms. The monoisotopic (exact) mass is 376 g/mol. The van der Waals surface area contributed by atoms with E-state index < -0.39 is 5.91 Å². The normalized spacial score (nSPS) is 11.1. The lowest BCUT2D eigenvalue weighted by atomic mass is 10.0. The summed E-state index contributed by atoms with van der Waals surface area (Å²) in [5.41, 5.74) is 1.21. The maximum Gasteiger partial charge on any atom is 0.266 e. The SMILES string of the molecule is CCOc1ccc(/C=C(\C#N)C(=O)Nc2ccccc2Cl)c2ccccc12. The molecule has 0 fully saturated rings. The van der Waals surface area contributed by atoms with E-state index in [0.29, 0.717) is 17.3 Å². The van der Waals surface area contributed by atoms with Crippen LogP contribution in [0.4, 0.5) is 5.69 Å². The van der Waals surface area contributed by atoms with E-state index in [1.165, 1.54) is 0 Å². The highest BCUT2D eigenvalue weighted by Gasteiger charge is 2.13. The summed E-state index contributed by atoms with van der Waals surface area (Å²) >= 11 is 6.07. The molecule has 0 heterocycles. The minimum absolute atomic E-state index is 0.00997. The molecule has 3 rings (SSSR count). The molecule has 0 aliphatic heterocycles. The average molecular weight is 377 g/mol. The lowest BCUT2D eigenvalue weighted by molar-refractivity contribution is -0.112. The molecule has 134 valence electrons. The van der Waals surface area contributed by atoms with Gasteiger partial charge in [-0.05, 0) is 42.1 Å². The van der Waals surface area contributed by atoms with E-state index >= 15 is 0 Å². The number of anilines is 1. The van der Waals surface area contributed by atoms with Gasteiger partial charge in [0.2, 0.25) is 0 Å². The Morgan fingerprint density at radius 1 is 1.11 bits per heavy atom. The van der Waals surface area contributed by atoms with Gasteiger partial charge in [-0.3, -0.25) is 4.79 Å². The highest BCUT2D eigenvalue weighted by atomic mass is 35.5. The minimum atomic E-state index is -0.511. The van der Waals surface area contributed by atoms with Gasteiger partial charge in [-0.1, -0.05) is 54.1 Å². The molecule has 1 N–H and O–H groups in total. The Hall–Kier alpha value is -3.29. The Balaban J connectivity index is 1.99. The number of hydrogen-bond donors (Lipinski definition) is 1. The van der Waals surface area contributed by atoms with Crippen LogP contribution in [0.15, 0.2) is 66.2 Å². The lowest BCUT2D eigenvalue weighted by Gasteiger charge is -2.10. The second kappa shape index (κ2) is 8.39. The molecule has 1 amide bonds. The van der Waals surface area contributed by atoms with E-state index in [1.54, 1.807) is 30.3 Å². The van der Waals surface area contributed by atoms with Crippen LogP contribution in [0.5, 0.6) is 5.75 Å². The van der Waals surface area contributed by atoms with E-state index in [9.17, 15) is 10.1 Å². The van der Waals surface area contributed by atoms with Gasteiger partial charge >= 0.3 is 0 Å². The second-order valence-corrected chi connectivity index (χ2v) is 6.14. The van der Waals surface area contributed by atoms with Gasteiger partial charge in [0.25, 0.3) is 5.91 Å². The van der Waals surface area contributed by atoms with Crippen LogP contribution >= 0.6 is 11.6 Å². The molecule has 0 bridgehead atoms. The van der Waals surface area contributed by atoms with Crippen molar-refractivity contribution in [2.75, 3.05) is 11.9 Å². The van der Waals surface area contributed by atoms with E-state index in [2.05, 4.69) is 5.32 Å². The summed E-state index contributed by atoms with van der Waals surface area (Å²) in [6.07, 6.45) is 1.57. The number of fused-ring (bicyclic) bond motifs is 1. The molecule has 0 aliphatic rings. The molecule has 0 atom stereocenters. The number of benzene rings is 3. The standard InChI is InChI=1S/C22H17ClN2O2/c1-2-27-21-12-11-15(17-7-3-4-8-18(17)21)13-16(14-24)22(26)25-20-10-6-5-9-19(20)23/h3-13H,2H2,1H3,(H,25,26)/b16-13+. The summed E-state index contributed by atoms with van der Waals surface area (Å²) in [7, 11) is 0. The minimum Gasteiger partial charge on any atom is -0.493 e. The second-order valence-electron chi connectivity index (χ2n) is 5.74. The van der Waals surface area contributed by atoms with Crippen LogP contribution in [0.1, 0.15) is 12.5 Å². The maximum absolute atomic E-state index is 12.5. The van der Waals surface area contributed by atoms with Gasteiger partial charge in [0.1, 0.15) is 17.4 Å². The van der Waals surface area contributed by atoms with Crippen molar-refractivity contribution in [3.63, 3.8) is 0 Å². The average Bonchev–Trinajstić information content (AvgIpc) is 2.69. The third-order valence-corrected chi connectivity index (χ3v) is 4.33. The number of hydrogen-bond acceptors (Lipinski definition) is 3. The van der Waals surface area contributed by atoms with Gasteiger partial charge in [-0.2, -0.15) is 5.26 Å². The van der Waals surface area contributed by atoms with Crippen LogP contribution in [-0.2, 0) is 4.79 Å². The molecule has 4 nitrogen and oxygen atoms in total. The highest BCUT2D eigenvalue weighted by Crippen LogP contribution is 2.30. The number of carbonyl (C=O) groups excluding carboxylic acids is 1. The van der Waals surface area contributed by atoms with Gasteiger partial charge < -0.3 is 10.1 Å². The number of nitrogens with zero attached hydrogens (tertiary/aromatic N) is 1. The largest absolute Gasteiger partial charge is 0.493 e. The first kappa shape index (κ1) is 18.5. The molecule has 0 unspecified atom stereocenters. The van der Waals surface area contributed by atoms with Crippen molar-refractivity contribution in [3.05, 3.63) is 76.8 Å². The van der Waals surface area contributed by atoms with Gasteiger partial charge in [0.05, 0.1) is 17.3 Å². The summed E-state index contributed by atoms with van der Waals surface area (Å²) in [6.45, 7) is 2.48. The Labute approximate surface area is 162 Å². The third kappa shape index (κ3) is 4.11. The van der Waals surface area contributed by atoms with Crippen molar-refractivity contribution in [3.8, 4) is 11.8 Å². The Morgan fingerprint density at radius 3 is 2.52 bits per heavy atom. The molecular formula is C22H17ClN2O2. The smallest absolute Gasteiger partial charge is 0.266 e. The van der Waals surface area contributed by atoms with Gasteiger partial charge in [0.15, 0.2) is 0 Å². The van der Waals surface area contributed by atoms with Crippen molar-refractivity contribution < 1.29 is 9.53 Å². The fourth-order valence-electron chi connectivity index (χ4n) is 2.76. The summed E-state index contributed by atoms with van der Waals surface area (Å²) in [5.74, 6) is 0.257. The fraction of sp³-hybridized carbons (Fsp3) is 0.0909. The number of rotatable bonds is 5. The quantitative estimate of drug-likeness (QED) is 0.476. The molecule has 3 aromatic rings. The van der Waals surface area contributed by atoms with Crippen LogP contribution in [0.25, 0.3) is 16.8 Å². The molecule has 27 heavy (non-hydrogen) atoms. The molecule has 0 spiro atoms. The van der Waals surface area contributed by atoms with E-state index in [4.69, 9.17) is 16.3 Å². The molecule has 0 radical (unpaired) electrons. The zero-order valence-corrected chi connectivity index (χ0v) is 15.5. The van der Waals surface area contributed by atoms with E-state index in [1.807, 2.05) is 49.4 Å². The van der Waals surface area contributed by atoms with Crippen LogP contribution in [0, 0.1) is 11.3 Å². The van der Waals surface area contributed by atoms with Gasteiger partial charge in [-0.25, -0.2) is 0 Å². The topological polar surface area (TPSA) is 62.1 Å². The molecule has 0 aliphatic carbocycles. The van der Waals surface area contributed by atoms with Crippen molar-refractivity contribution in [1.29, 1.82) is 5.26 Å². The number of carbonyl (C=O) groups is 1. The Kier molecular flexibility index (Phi) is 5.75. The number of amides is 1. The summed E-state index contributed by atoms with van der Waals surface area (Å²) in [4.78, 5) is 12.5. The van der Waals surface area contributed by atoms with Gasteiger partial charge in [-0.15, -0.1) is 0 Å². The molecule has 0 saturated heterocycles. The predicted octanol–water partition coefficient (Wildman–Crippen LogP) is 5.44. The Morgan fingerprint density at radius 2 is 1.81 bits per heavy atom. The van der Waals surface area contributed by atoms with Crippen LogP contribution < -0.4 is 10.1 Å². The molecule has 0 aromatic heterocycles. The summed E-state index contributed by atoms with van der Waals surface area (Å²) in [6, 6.07) is 20.3. The molecular weight excluding hydrogens is 360 g/mol. The van der Waals surface area contributed by atoms with E-state index in [0.717, 1.165) is 22.1 Å². The first-order valence-electron chi connectivity index (χ1n) is 8.46. The predicted molar refractivity (Wildman–Crippen MR) is 109 cm³/mol. The van der Waals surface area contributed by atoms with Gasteiger partial charge in [0, 0.05) is 5.39 Å². The van der Waals surface area contributed by atoms with Crippen molar-refractivity contribution in [2.24, 2.45) is 0 Å². The van der Waals surface area contributed by atoms with Crippen LogP contribution in [0.3, 0.4) is 0 Å². The van der Waals surface area contributed by atoms with Crippen molar-refractivity contribution in [1.82, 2.24) is 0 Å². The van der Waals surface area contributed by atoms with Crippen molar-refractivity contribution >= 4 is 40.0 Å². The van der Waals surface area contributed by atoms with Crippen molar-refractivity contribution in [2.45, 2.75) is 6.92 Å². The first-order chi connectivity index (χ1) is 13.1. The number of para-hydroxylation sites is 1. The van der Waals surface area contributed by atoms with E-state index in [-0.39, 0.29) is 5.57 Å². The van der Waals surface area contributed by atoms with Crippen LogP contribution in [-0.4, -0.2) is 12.5 Å². The molecule has 0 saturated carbocycles. The number of halogens is 1. The molecule has 3 aromatic carbocycles. The summed E-state index contributed by atoms with van der Waals surface area (Å²) < 4.78 is 5.67. The number of nitriles is 1. The number of nitrogens with one attached hydrogen (secondary N) is 1.